The molecule has 2 heteroatoms. The zero-order chi connectivity index (χ0) is 9.84. The Balaban J connectivity index is 2.87. The van der Waals surface area contributed by atoms with Crippen LogP contribution in [0.25, 0.3) is 0 Å². The number of anilines is 2. The molecule has 0 aromatic heterocycles. The van der Waals surface area contributed by atoms with E-state index in [1.54, 1.807) is 0 Å². The maximum Gasteiger partial charge on any atom is 0.0432 e. The number of rotatable bonds is 3. The highest BCUT2D eigenvalue weighted by atomic mass is 14.9. The van der Waals surface area contributed by atoms with Gasteiger partial charge in [-0.3, -0.25) is 0 Å². The van der Waals surface area contributed by atoms with E-state index in [1.807, 2.05) is 25.1 Å². The fourth-order valence-electron chi connectivity index (χ4n) is 1.05. The number of nitrogens with one attached hydrogen (secondary N) is 1. The van der Waals surface area contributed by atoms with Gasteiger partial charge in [-0.1, -0.05) is 19.6 Å². The Kier molecular flexibility index (Phi) is 2.96. The van der Waals surface area contributed by atoms with Crippen molar-refractivity contribution >= 4 is 11.4 Å². The van der Waals surface area contributed by atoms with Gasteiger partial charge in [-0.05, 0) is 31.0 Å². The average Bonchev–Trinajstić information content (AvgIpc) is 2.11. The summed E-state index contributed by atoms with van der Waals surface area (Å²) in [7, 11) is 0. The largest absolute Gasteiger partial charge is 0.399 e. The second kappa shape index (κ2) is 3.99. The molecular weight excluding hydrogens is 160 g/mol. The van der Waals surface area contributed by atoms with Crippen LogP contribution in [0.15, 0.2) is 30.5 Å². The third kappa shape index (κ3) is 2.51. The van der Waals surface area contributed by atoms with Crippen LogP contribution in [-0.2, 0) is 0 Å². The molecule has 0 heterocycles. The van der Waals surface area contributed by atoms with Crippen molar-refractivity contribution in [2.45, 2.75) is 20.3 Å². The van der Waals surface area contributed by atoms with Crippen molar-refractivity contribution in [1.29, 1.82) is 0 Å². The molecule has 70 valence electrons. The third-order valence-corrected chi connectivity index (χ3v) is 2.00. The lowest BCUT2D eigenvalue weighted by atomic mass is 10.1. The van der Waals surface area contributed by atoms with Gasteiger partial charge in [0.1, 0.15) is 0 Å². The Morgan fingerprint density at radius 2 is 2.23 bits per heavy atom. The van der Waals surface area contributed by atoms with Crippen molar-refractivity contribution in [3.63, 3.8) is 0 Å². The first kappa shape index (κ1) is 9.65. The molecule has 1 rings (SSSR count). The first-order valence-electron chi connectivity index (χ1n) is 4.44. The van der Waals surface area contributed by atoms with Gasteiger partial charge in [-0.25, -0.2) is 0 Å². The minimum atomic E-state index is 0.775. The summed E-state index contributed by atoms with van der Waals surface area (Å²) in [4.78, 5) is 0. The molecule has 0 saturated carbocycles. The maximum atomic E-state index is 5.67. The van der Waals surface area contributed by atoms with Crippen molar-refractivity contribution in [2.75, 3.05) is 11.1 Å². The molecule has 0 spiro atoms. The highest BCUT2D eigenvalue weighted by Crippen LogP contribution is 2.19. The van der Waals surface area contributed by atoms with E-state index in [4.69, 9.17) is 5.73 Å². The van der Waals surface area contributed by atoms with Crippen molar-refractivity contribution in [2.24, 2.45) is 0 Å². The van der Waals surface area contributed by atoms with E-state index >= 15 is 0 Å². The predicted molar refractivity (Wildman–Crippen MR) is 58.6 cm³/mol. The molecule has 0 radical (unpaired) electrons. The first-order chi connectivity index (χ1) is 6.13. The molecule has 1 aromatic rings. The molecule has 0 saturated heterocycles. The summed E-state index contributed by atoms with van der Waals surface area (Å²) in [5, 5.41) is 3.23. The normalized spacial score (nSPS) is 9.69. The minimum Gasteiger partial charge on any atom is -0.399 e. The molecule has 2 nitrogen and oxygen atoms in total. The van der Waals surface area contributed by atoms with Crippen LogP contribution in [0, 0.1) is 6.92 Å². The first-order valence-corrected chi connectivity index (χ1v) is 4.44. The van der Waals surface area contributed by atoms with Crippen molar-refractivity contribution in [3.05, 3.63) is 36.0 Å². The van der Waals surface area contributed by atoms with Crippen LogP contribution in [0.1, 0.15) is 18.9 Å². The highest BCUT2D eigenvalue weighted by molar-refractivity contribution is 5.61. The molecule has 1 aromatic carbocycles. The lowest BCUT2D eigenvalue weighted by molar-refractivity contribution is 1.11. The highest BCUT2D eigenvalue weighted by Gasteiger charge is 1.98. The number of nitrogens with two attached hydrogens (primary N) is 1. The number of allylic oxidation sites excluding steroid dienone is 1. The fourth-order valence-corrected chi connectivity index (χ4v) is 1.05. The van der Waals surface area contributed by atoms with E-state index in [9.17, 15) is 0 Å². The molecule has 0 aliphatic carbocycles. The van der Waals surface area contributed by atoms with Gasteiger partial charge >= 0.3 is 0 Å². The Labute approximate surface area is 79.5 Å². The smallest absolute Gasteiger partial charge is 0.0432 e. The SMILES string of the molecule is C=C(CC)Nc1cc(N)ccc1C. The van der Waals surface area contributed by atoms with Crippen LogP contribution >= 0.6 is 0 Å². The van der Waals surface area contributed by atoms with Crippen LogP contribution in [0.3, 0.4) is 0 Å². The van der Waals surface area contributed by atoms with E-state index in [0.717, 1.165) is 23.5 Å². The standard InChI is InChI=1S/C11H16N2/c1-4-9(3)13-11-7-10(12)6-5-8(11)2/h5-7,13H,3-4,12H2,1-2H3. The second-order valence-electron chi connectivity index (χ2n) is 3.16. The Hall–Kier alpha value is -1.44. The fraction of sp³-hybridized carbons (Fsp3) is 0.273. The van der Waals surface area contributed by atoms with Crippen LogP contribution < -0.4 is 11.1 Å². The summed E-state index contributed by atoms with van der Waals surface area (Å²) in [5.74, 6) is 0. The molecule has 0 atom stereocenters. The van der Waals surface area contributed by atoms with Crippen molar-refractivity contribution in [1.82, 2.24) is 0 Å². The van der Waals surface area contributed by atoms with Gasteiger partial charge < -0.3 is 11.1 Å². The molecule has 0 bridgehead atoms. The molecule has 3 N–H and O–H groups in total. The van der Waals surface area contributed by atoms with Gasteiger partial charge in [-0.15, -0.1) is 0 Å². The molecule has 0 aliphatic rings. The predicted octanol–water partition coefficient (Wildman–Crippen LogP) is 2.91. The molecule has 0 fully saturated rings. The van der Waals surface area contributed by atoms with Crippen LogP contribution in [0.2, 0.25) is 0 Å². The number of hydrogen-bond donors (Lipinski definition) is 2. The van der Waals surface area contributed by atoms with Gasteiger partial charge in [0.05, 0.1) is 0 Å². The summed E-state index contributed by atoms with van der Waals surface area (Å²) < 4.78 is 0. The summed E-state index contributed by atoms with van der Waals surface area (Å²) in [6, 6.07) is 5.83. The lowest BCUT2D eigenvalue weighted by Gasteiger charge is -2.10. The quantitative estimate of drug-likeness (QED) is 0.695. The van der Waals surface area contributed by atoms with Gasteiger partial charge in [-0.2, -0.15) is 0 Å². The van der Waals surface area contributed by atoms with Gasteiger partial charge in [0.25, 0.3) is 0 Å². The monoisotopic (exact) mass is 176 g/mol. The Bertz CT molecular complexity index is 316. The molecule has 0 unspecified atom stereocenters. The van der Waals surface area contributed by atoms with Gasteiger partial charge in [0.2, 0.25) is 0 Å². The molecular formula is C11H16N2. The molecule has 0 aliphatic heterocycles. The molecule has 0 amide bonds. The average molecular weight is 176 g/mol. The van der Waals surface area contributed by atoms with E-state index in [-0.39, 0.29) is 0 Å². The van der Waals surface area contributed by atoms with E-state index < -0.39 is 0 Å². The third-order valence-electron chi connectivity index (χ3n) is 2.00. The topological polar surface area (TPSA) is 38.0 Å². The van der Waals surface area contributed by atoms with Crippen LogP contribution in [0.4, 0.5) is 11.4 Å². The number of nitrogen functional groups attached to an aromatic ring is 1. The van der Waals surface area contributed by atoms with E-state index in [0.29, 0.717) is 0 Å². The second-order valence-corrected chi connectivity index (χ2v) is 3.16. The Morgan fingerprint density at radius 1 is 1.54 bits per heavy atom. The lowest BCUT2D eigenvalue weighted by Crippen LogP contribution is -1.99. The summed E-state index contributed by atoms with van der Waals surface area (Å²) >= 11 is 0. The van der Waals surface area contributed by atoms with E-state index in [1.165, 1.54) is 5.56 Å². The molecule has 13 heavy (non-hydrogen) atoms. The summed E-state index contributed by atoms with van der Waals surface area (Å²) in [6.07, 6.45) is 0.925. The zero-order valence-electron chi connectivity index (χ0n) is 8.22. The Morgan fingerprint density at radius 3 is 2.85 bits per heavy atom. The summed E-state index contributed by atoms with van der Waals surface area (Å²) in [5.41, 5.74) is 9.69. The van der Waals surface area contributed by atoms with E-state index in [2.05, 4.69) is 18.8 Å². The van der Waals surface area contributed by atoms with Crippen molar-refractivity contribution in [3.8, 4) is 0 Å². The van der Waals surface area contributed by atoms with Crippen molar-refractivity contribution < 1.29 is 0 Å². The number of benzene rings is 1. The van der Waals surface area contributed by atoms with Gasteiger partial charge in [0, 0.05) is 17.1 Å². The number of aryl methyl sites for hydroxylation is 1. The van der Waals surface area contributed by atoms with Crippen LogP contribution in [-0.4, -0.2) is 0 Å². The summed E-state index contributed by atoms with van der Waals surface area (Å²) in [6.45, 7) is 8.00. The number of hydrogen-bond acceptors (Lipinski definition) is 2. The van der Waals surface area contributed by atoms with Gasteiger partial charge in [0.15, 0.2) is 0 Å². The maximum absolute atomic E-state index is 5.67. The minimum absolute atomic E-state index is 0.775. The van der Waals surface area contributed by atoms with Crippen LogP contribution in [0.5, 0.6) is 0 Å². The zero-order valence-corrected chi connectivity index (χ0v) is 8.22.